The number of sulfone groups is 1. The molecule has 3 aromatic rings. The molecule has 146 valence electrons. The van der Waals surface area contributed by atoms with E-state index in [1.54, 1.807) is 18.2 Å². The van der Waals surface area contributed by atoms with Crippen LogP contribution in [0.25, 0.3) is 10.9 Å². The molecule has 1 aromatic heterocycles. The fraction of sp³-hybridized carbons (Fsp3) is 0.286. The van der Waals surface area contributed by atoms with Crippen LogP contribution in [0.1, 0.15) is 19.8 Å². The van der Waals surface area contributed by atoms with Crippen molar-refractivity contribution in [2.24, 2.45) is 5.92 Å². The lowest BCUT2D eigenvalue weighted by Gasteiger charge is -2.34. The van der Waals surface area contributed by atoms with E-state index >= 15 is 0 Å². The molecule has 1 aliphatic heterocycles. The van der Waals surface area contributed by atoms with Crippen LogP contribution < -0.4 is 4.90 Å². The Morgan fingerprint density at radius 3 is 2.64 bits per heavy atom. The first kappa shape index (κ1) is 19.2. The average Bonchev–Trinajstić information content (AvgIpc) is 2.67. The Bertz CT molecular complexity index is 1130. The molecule has 2 aromatic carbocycles. The van der Waals surface area contributed by atoms with Crippen LogP contribution in [0.2, 0.25) is 5.02 Å². The van der Waals surface area contributed by atoms with E-state index in [0.717, 1.165) is 25.9 Å². The van der Waals surface area contributed by atoms with Crippen molar-refractivity contribution in [1.29, 1.82) is 0 Å². The highest BCUT2D eigenvalue weighted by Gasteiger charge is 2.29. The summed E-state index contributed by atoms with van der Waals surface area (Å²) < 4.78 is 40.9. The van der Waals surface area contributed by atoms with E-state index in [2.05, 4.69) is 16.8 Å². The van der Waals surface area contributed by atoms with Crippen molar-refractivity contribution in [2.45, 2.75) is 29.6 Å². The molecule has 0 spiro atoms. The Labute approximate surface area is 168 Å². The Hall–Kier alpha value is -2.18. The second-order valence-corrected chi connectivity index (χ2v) is 9.64. The first-order valence-electron chi connectivity index (χ1n) is 9.20. The molecule has 1 saturated heterocycles. The summed E-state index contributed by atoms with van der Waals surface area (Å²) in [7, 11) is -3.84. The van der Waals surface area contributed by atoms with Gasteiger partial charge in [-0.2, -0.15) is 0 Å². The van der Waals surface area contributed by atoms with Crippen molar-refractivity contribution in [3.05, 3.63) is 59.5 Å². The third-order valence-corrected chi connectivity index (χ3v) is 7.18. The van der Waals surface area contributed by atoms with Crippen molar-refractivity contribution in [3.8, 4) is 0 Å². The zero-order chi connectivity index (χ0) is 19.9. The summed E-state index contributed by atoms with van der Waals surface area (Å²) in [6.07, 6.45) is 3.44. The van der Waals surface area contributed by atoms with Gasteiger partial charge in [0.05, 0.1) is 16.1 Å². The smallest absolute Gasteiger partial charge is 0.210 e. The molecule has 28 heavy (non-hydrogen) atoms. The van der Waals surface area contributed by atoms with E-state index < -0.39 is 15.7 Å². The normalized spacial score (nSPS) is 17.8. The number of benzene rings is 2. The monoisotopic (exact) mass is 418 g/mol. The number of hydrogen-bond acceptors (Lipinski definition) is 4. The highest BCUT2D eigenvalue weighted by molar-refractivity contribution is 7.91. The summed E-state index contributed by atoms with van der Waals surface area (Å²) in [6.45, 7) is 3.59. The number of fused-ring (bicyclic) bond motifs is 1. The van der Waals surface area contributed by atoms with Crippen LogP contribution in [0.5, 0.6) is 0 Å². The van der Waals surface area contributed by atoms with Crippen molar-refractivity contribution in [1.82, 2.24) is 4.98 Å². The zero-order valence-electron chi connectivity index (χ0n) is 15.4. The predicted molar refractivity (Wildman–Crippen MR) is 109 cm³/mol. The third-order valence-electron chi connectivity index (χ3n) is 5.15. The molecule has 4 nitrogen and oxygen atoms in total. The molecule has 0 radical (unpaired) electrons. The number of hydrogen-bond donors (Lipinski definition) is 0. The fourth-order valence-electron chi connectivity index (χ4n) is 3.79. The van der Waals surface area contributed by atoms with Crippen molar-refractivity contribution in [3.63, 3.8) is 0 Å². The van der Waals surface area contributed by atoms with Crippen LogP contribution in [0.3, 0.4) is 0 Å². The van der Waals surface area contributed by atoms with Crippen LogP contribution in [-0.2, 0) is 9.84 Å². The summed E-state index contributed by atoms with van der Waals surface area (Å²) in [4.78, 5) is 6.60. The van der Waals surface area contributed by atoms with Gasteiger partial charge in [-0.3, -0.25) is 4.98 Å². The minimum atomic E-state index is -3.84. The second kappa shape index (κ2) is 7.33. The lowest BCUT2D eigenvalue weighted by molar-refractivity contribution is 0.446. The van der Waals surface area contributed by atoms with Gasteiger partial charge in [0.15, 0.2) is 0 Å². The Morgan fingerprint density at radius 2 is 1.93 bits per heavy atom. The number of halogens is 2. The number of anilines is 1. The maximum absolute atomic E-state index is 14.0. The molecule has 7 heteroatoms. The second-order valence-electron chi connectivity index (χ2n) is 7.28. The minimum Gasteiger partial charge on any atom is -0.370 e. The summed E-state index contributed by atoms with van der Waals surface area (Å²) in [5.41, 5.74) is 1.11. The molecule has 0 aliphatic carbocycles. The predicted octanol–water partition coefficient (Wildman–Crippen LogP) is 5.10. The van der Waals surface area contributed by atoms with Crippen molar-refractivity contribution < 1.29 is 12.8 Å². The molecule has 1 unspecified atom stereocenters. The summed E-state index contributed by atoms with van der Waals surface area (Å²) in [5.74, 6) is 0.0123. The van der Waals surface area contributed by atoms with E-state index in [0.29, 0.717) is 27.5 Å². The number of pyridine rings is 1. The maximum Gasteiger partial charge on any atom is 0.210 e. The minimum absolute atomic E-state index is 0.0991. The van der Waals surface area contributed by atoms with Gasteiger partial charge in [-0.15, -0.1) is 0 Å². The molecule has 0 amide bonds. The van der Waals surface area contributed by atoms with Crippen molar-refractivity contribution in [2.75, 3.05) is 18.0 Å². The average molecular weight is 419 g/mol. The summed E-state index contributed by atoms with van der Waals surface area (Å²) in [5, 5.41) is 0.979. The van der Waals surface area contributed by atoms with Crippen molar-refractivity contribution >= 4 is 38.0 Å². The lowest BCUT2D eigenvalue weighted by atomic mass is 9.99. The van der Waals surface area contributed by atoms with Gasteiger partial charge in [0, 0.05) is 29.7 Å². The fourth-order valence-corrected chi connectivity index (χ4v) is 5.35. The number of rotatable bonds is 3. The van der Waals surface area contributed by atoms with Gasteiger partial charge in [0.1, 0.15) is 10.7 Å². The topological polar surface area (TPSA) is 50.3 Å². The van der Waals surface area contributed by atoms with E-state index in [1.807, 2.05) is 0 Å². The summed E-state index contributed by atoms with van der Waals surface area (Å²) in [6, 6.07) is 10.4. The number of aromatic nitrogens is 1. The van der Waals surface area contributed by atoms with Crippen LogP contribution in [0, 0.1) is 11.7 Å². The molecular weight excluding hydrogens is 399 g/mol. The van der Waals surface area contributed by atoms with Crippen LogP contribution in [0.15, 0.2) is 58.5 Å². The van der Waals surface area contributed by atoms with Gasteiger partial charge < -0.3 is 4.90 Å². The molecule has 0 saturated carbocycles. The molecule has 1 fully saturated rings. The van der Waals surface area contributed by atoms with Gasteiger partial charge in [-0.25, -0.2) is 12.8 Å². The Morgan fingerprint density at radius 1 is 1.18 bits per heavy atom. The van der Waals surface area contributed by atoms with Crippen LogP contribution in [-0.4, -0.2) is 26.5 Å². The standard InChI is InChI=1S/C21H20ClFN2O2S/c1-14-3-2-10-25(13-14)21-18-11-16(23)6-9-19(18)24-12-20(21)28(26,27)17-7-4-15(22)5-8-17/h4-9,11-12,14H,2-3,10,13H2,1H3. The molecular formula is C21H20ClFN2O2S. The van der Waals surface area contributed by atoms with E-state index in [-0.39, 0.29) is 9.79 Å². The van der Waals surface area contributed by atoms with Gasteiger partial charge >= 0.3 is 0 Å². The van der Waals surface area contributed by atoms with Gasteiger partial charge in [0.2, 0.25) is 9.84 Å². The van der Waals surface area contributed by atoms with Gasteiger partial charge in [0.25, 0.3) is 0 Å². The Balaban J connectivity index is 1.97. The third kappa shape index (κ3) is 3.47. The summed E-state index contributed by atoms with van der Waals surface area (Å²) >= 11 is 5.92. The molecule has 1 atom stereocenters. The lowest BCUT2D eigenvalue weighted by Crippen LogP contribution is -2.35. The Kier molecular flexibility index (Phi) is 5.02. The largest absolute Gasteiger partial charge is 0.370 e. The molecule has 4 rings (SSSR count). The van der Waals surface area contributed by atoms with E-state index in [9.17, 15) is 12.8 Å². The zero-order valence-corrected chi connectivity index (χ0v) is 17.0. The first-order chi connectivity index (χ1) is 13.4. The SMILES string of the molecule is CC1CCCN(c2c(S(=O)(=O)c3ccc(Cl)cc3)cnc3ccc(F)cc23)C1. The van der Waals surface area contributed by atoms with Crippen LogP contribution in [0.4, 0.5) is 10.1 Å². The molecule has 0 N–H and O–H groups in total. The molecule has 2 heterocycles. The molecule has 0 bridgehead atoms. The number of nitrogens with zero attached hydrogens (tertiary/aromatic N) is 2. The van der Waals surface area contributed by atoms with E-state index in [4.69, 9.17) is 11.6 Å². The van der Waals surface area contributed by atoms with Crippen LogP contribution >= 0.6 is 11.6 Å². The highest BCUT2D eigenvalue weighted by atomic mass is 35.5. The number of piperidine rings is 1. The van der Waals surface area contributed by atoms with Gasteiger partial charge in [-0.1, -0.05) is 18.5 Å². The quantitative estimate of drug-likeness (QED) is 0.594. The first-order valence-corrected chi connectivity index (χ1v) is 11.1. The maximum atomic E-state index is 14.0. The van der Waals surface area contributed by atoms with E-state index in [1.165, 1.54) is 30.5 Å². The van der Waals surface area contributed by atoms with Gasteiger partial charge in [-0.05, 0) is 61.2 Å². The highest BCUT2D eigenvalue weighted by Crippen LogP contribution is 2.38. The molecule has 1 aliphatic rings.